The lowest BCUT2D eigenvalue weighted by Gasteiger charge is -2.31. The van der Waals surface area contributed by atoms with Gasteiger partial charge in [-0.05, 0) is 30.5 Å². The summed E-state index contributed by atoms with van der Waals surface area (Å²) in [5.41, 5.74) is 1.28. The van der Waals surface area contributed by atoms with Crippen molar-refractivity contribution in [2.75, 3.05) is 33.4 Å². The molecule has 1 aliphatic heterocycles. The van der Waals surface area contributed by atoms with Crippen molar-refractivity contribution in [1.82, 2.24) is 10.2 Å². The monoisotopic (exact) mass is 292 g/mol. The van der Waals surface area contributed by atoms with E-state index >= 15 is 0 Å². The minimum Gasteiger partial charge on any atom is -0.493 e. The van der Waals surface area contributed by atoms with Crippen LogP contribution in [-0.2, 0) is 6.54 Å². The normalized spacial score (nSPS) is 19.8. The second kappa shape index (κ2) is 7.66. The first-order chi connectivity index (χ1) is 10.1. The molecule has 1 aromatic rings. The summed E-state index contributed by atoms with van der Waals surface area (Å²) in [7, 11) is 1.69. The quantitative estimate of drug-likeness (QED) is 0.873. The maximum absolute atomic E-state index is 5.88. The van der Waals surface area contributed by atoms with Gasteiger partial charge in [0.05, 0.1) is 13.7 Å². The lowest BCUT2D eigenvalue weighted by Crippen LogP contribution is -2.48. The summed E-state index contributed by atoms with van der Waals surface area (Å²) < 4.78 is 11.3. The summed E-state index contributed by atoms with van der Waals surface area (Å²) in [6.45, 7) is 11.5. The molecule has 0 radical (unpaired) electrons. The van der Waals surface area contributed by atoms with Crippen LogP contribution in [-0.4, -0.2) is 44.3 Å². The summed E-state index contributed by atoms with van der Waals surface area (Å²) in [4.78, 5) is 2.48. The van der Waals surface area contributed by atoms with E-state index in [1.54, 1.807) is 7.11 Å². The van der Waals surface area contributed by atoms with E-state index in [1.165, 1.54) is 5.56 Å². The van der Waals surface area contributed by atoms with Crippen molar-refractivity contribution in [2.45, 2.75) is 33.4 Å². The first-order valence-corrected chi connectivity index (χ1v) is 7.84. The molecule has 1 atom stereocenters. The SMILES string of the molecule is COc1ccc(CN2CCN[C@H](C)C2)cc1OCC(C)C. The smallest absolute Gasteiger partial charge is 0.161 e. The van der Waals surface area contributed by atoms with Gasteiger partial charge in [0.2, 0.25) is 0 Å². The van der Waals surface area contributed by atoms with Gasteiger partial charge in [-0.25, -0.2) is 0 Å². The fraction of sp³-hybridized carbons (Fsp3) is 0.647. The van der Waals surface area contributed by atoms with Crippen molar-refractivity contribution in [3.8, 4) is 11.5 Å². The Morgan fingerprint density at radius 1 is 1.33 bits per heavy atom. The third-order valence-corrected chi connectivity index (χ3v) is 3.66. The Morgan fingerprint density at radius 3 is 2.81 bits per heavy atom. The van der Waals surface area contributed by atoms with Gasteiger partial charge in [-0.15, -0.1) is 0 Å². The highest BCUT2D eigenvalue weighted by Crippen LogP contribution is 2.29. The zero-order valence-electron chi connectivity index (χ0n) is 13.7. The molecule has 118 valence electrons. The van der Waals surface area contributed by atoms with Crippen molar-refractivity contribution in [2.24, 2.45) is 5.92 Å². The van der Waals surface area contributed by atoms with Crippen LogP contribution in [0.2, 0.25) is 0 Å². The average Bonchev–Trinajstić information content (AvgIpc) is 2.45. The van der Waals surface area contributed by atoms with Crippen LogP contribution in [0.3, 0.4) is 0 Å². The van der Waals surface area contributed by atoms with Gasteiger partial charge >= 0.3 is 0 Å². The molecule has 1 heterocycles. The van der Waals surface area contributed by atoms with Gasteiger partial charge in [0.1, 0.15) is 0 Å². The summed E-state index contributed by atoms with van der Waals surface area (Å²) in [6, 6.07) is 6.83. The number of piperazine rings is 1. The van der Waals surface area contributed by atoms with E-state index in [4.69, 9.17) is 9.47 Å². The molecule has 0 unspecified atom stereocenters. The molecule has 1 aliphatic rings. The van der Waals surface area contributed by atoms with Crippen LogP contribution in [0, 0.1) is 5.92 Å². The summed E-state index contributed by atoms with van der Waals surface area (Å²) >= 11 is 0. The molecule has 0 aromatic heterocycles. The van der Waals surface area contributed by atoms with E-state index in [9.17, 15) is 0 Å². The molecule has 2 rings (SSSR count). The summed E-state index contributed by atoms with van der Waals surface area (Å²) in [5, 5.41) is 3.47. The number of benzene rings is 1. The summed E-state index contributed by atoms with van der Waals surface area (Å²) in [5.74, 6) is 2.17. The highest BCUT2D eigenvalue weighted by Gasteiger charge is 2.16. The van der Waals surface area contributed by atoms with Crippen LogP contribution in [0.5, 0.6) is 11.5 Å². The molecule has 1 saturated heterocycles. The fourth-order valence-corrected chi connectivity index (χ4v) is 2.60. The molecule has 0 aliphatic carbocycles. The van der Waals surface area contributed by atoms with Crippen molar-refractivity contribution >= 4 is 0 Å². The number of rotatable bonds is 6. The Hall–Kier alpha value is -1.26. The van der Waals surface area contributed by atoms with Gasteiger partial charge in [0.25, 0.3) is 0 Å². The maximum Gasteiger partial charge on any atom is 0.161 e. The predicted molar refractivity (Wildman–Crippen MR) is 86.1 cm³/mol. The van der Waals surface area contributed by atoms with Crippen LogP contribution in [0.1, 0.15) is 26.3 Å². The van der Waals surface area contributed by atoms with Crippen LogP contribution in [0.15, 0.2) is 18.2 Å². The Morgan fingerprint density at radius 2 is 2.14 bits per heavy atom. The molecule has 4 heteroatoms. The first-order valence-electron chi connectivity index (χ1n) is 7.84. The van der Waals surface area contributed by atoms with Crippen LogP contribution < -0.4 is 14.8 Å². The zero-order chi connectivity index (χ0) is 15.2. The van der Waals surface area contributed by atoms with Gasteiger partial charge in [-0.2, -0.15) is 0 Å². The predicted octanol–water partition coefficient (Wildman–Crippen LogP) is 2.52. The molecule has 0 spiro atoms. The Labute approximate surface area is 128 Å². The first kappa shape index (κ1) is 16.1. The average molecular weight is 292 g/mol. The molecule has 1 fully saturated rings. The molecule has 21 heavy (non-hydrogen) atoms. The number of methoxy groups -OCH3 is 1. The van der Waals surface area contributed by atoms with Gasteiger partial charge < -0.3 is 14.8 Å². The van der Waals surface area contributed by atoms with Crippen molar-refractivity contribution in [3.05, 3.63) is 23.8 Å². The van der Waals surface area contributed by atoms with E-state index in [-0.39, 0.29) is 0 Å². The second-order valence-electron chi connectivity index (χ2n) is 6.28. The zero-order valence-corrected chi connectivity index (χ0v) is 13.7. The van der Waals surface area contributed by atoms with Gasteiger partial charge in [0, 0.05) is 32.2 Å². The Bertz CT molecular complexity index is 448. The standard InChI is InChI=1S/C17H28N2O2/c1-13(2)12-21-17-9-15(5-6-16(17)20-4)11-19-8-7-18-14(3)10-19/h5-6,9,13-14,18H,7-8,10-12H2,1-4H3/t14-/m1/s1. The lowest BCUT2D eigenvalue weighted by molar-refractivity contribution is 0.199. The second-order valence-corrected chi connectivity index (χ2v) is 6.28. The Kier molecular flexibility index (Phi) is 5.88. The lowest BCUT2D eigenvalue weighted by atomic mass is 10.1. The number of nitrogens with one attached hydrogen (secondary N) is 1. The van der Waals surface area contributed by atoms with Crippen molar-refractivity contribution in [1.29, 1.82) is 0 Å². The molecule has 1 aromatic carbocycles. The highest BCUT2D eigenvalue weighted by atomic mass is 16.5. The molecule has 1 N–H and O–H groups in total. The molecule has 0 bridgehead atoms. The fourth-order valence-electron chi connectivity index (χ4n) is 2.60. The van der Waals surface area contributed by atoms with E-state index in [0.717, 1.165) is 37.7 Å². The summed E-state index contributed by atoms with van der Waals surface area (Å²) in [6.07, 6.45) is 0. The third kappa shape index (κ3) is 4.90. The number of hydrogen-bond donors (Lipinski definition) is 1. The topological polar surface area (TPSA) is 33.7 Å². The minimum atomic E-state index is 0.507. The number of ether oxygens (including phenoxy) is 2. The molecular formula is C17H28N2O2. The van der Waals surface area contributed by atoms with Crippen LogP contribution in [0.4, 0.5) is 0 Å². The van der Waals surface area contributed by atoms with E-state index in [2.05, 4.69) is 43.1 Å². The van der Waals surface area contributed by atoms with Crippen molar-refractivity contribution in [3.63, 3.8) is 0 Å². The minimum absolute atomic E-state index is 0.507. The largest absolute Gasteiger partial charge is 0.493 e. The van der Waals surface area contributed by atoms with Gasteiger partial charge in [-0.3, -0.25) is 4.90 Å². The van der Waals surface area contributed by atoms with Gasteiger partial charge in [-0.1, -0.05) is 19.9 Å². The maximum atomic E-state index is 5.88. The molecule has 0 amide bonds. The highest BCUT2D eigenvalue weighted by molar-refractivity contribution is 5.43. The van der Waals surface area contributed by atoms with E-state index < -0.39 is 0 Å². The van der Waals surface area contributed by atoms with Gasteiger partial charge in [0.15, 0.2) is 11.5 Å². The van der Waals surface area contributed by atoms with E-state index in [0.29, 0.717) is 18.6 Å². The number of hydrogen-bond acceptors (Lipinski definition) is 4. The molecular weight excluding hydrogens is 264 g/mol. The van der Waals surface area contributed by atoms with Crippen LogP contribution >= 0.6 is 0 Å². The third-order valence-electron chi connectivity index (χ3n) is 3.66. The molecule has 0 saturated carbocycles. The van der Waals surface area contributed by atoms with Crippen molar-refractivity contribution < 1.29 is 9.47 Å². The number of nitrogens with zero attached hydrogens (tertiary/aromatic N) is 1. The Balaban J connectivity index is 2.03. The van der Waals surface area contributed by atoms with Crippen LogP contribution in [0.25, 0.3) is 0 Å². The van der Waals surface area contributed by atoms with E-state index in [1.807, 2.05) is 6.07 Å². The molecule has 4 nitrogen and oxygen atoms in total.